The zero-order valence-corrected chi connectivity index (χ0v) is 12.1. The smallest absolute Gasteiger partial charge is 0.0945 e. The largest absolute Gasteiger partial charge is 0.748 e. The normalized spacial score (nSPS) is 14.0. The van der Waals surface area contributed by atoms with E-state index in [0.717, 1.165) is 26.1 Å². The predicted molar refractivity (Wildman–Crippen MR) is 70.7 cm³/mol. The lowest BCUT2D eigenvalue weighted by Gasteiger charge is -2.14. The van der Waals surface area contributed by atoms with E-state index in [1.807, 2.05) is 6.92 Å². The molecule has 1 aliphatic rings. The Bertz CT molecular complexity index is 320. The highest BCUT2D eigenvalue weighted by Gasteiger charge is 2.03. The second kappa shape index (κ2) is 10.1. The molecule has 7 heteroatoms. The first-order chi connectivity index (χ1) is 7.89. The minimum atomic E-state index is -3.95. The van der Waals surface area contributed by atoms with Crippen LogP contribution >= 0.6 is 0 Å². The van der Waals surface area contributed by atoms with Gasteiger partial charge in [-0.3, -0.25) is 4.70 Å². The third-order valence-corrected chi connectivity index (χ3v) is 3.13. The molecule has 0 aromatic rings. The van der Waals surface area contributed by atoms with Crippen molar-refractivity contribution in [2.24, 2.45) is 0 Å². The third-order valence-electron chi connectivity index (χ3n) is 2.34. The minimum absolute atomic E-state index is 0. The van der Waals surface area contributed by atoms with Crippen LogP contribution in [0.15, 0.2) is 12.4 Å². The molecule has 1 aliphatic heterocycles. The number of unbranched alkanes of at least 4 members (excludes halogenated alkanes) is 2. The van der Waals surface area contributed by atoms with Crippen molar-refractivity contribution in [3.8, 4) is 0 Å². The van der Waals surface area contributed by atoms with E-state index in [4.69, 9.17) is 0 Å². The molecule has 0 aromatic heterocycles. The van der Waals surface area contributed by atoms with E-state index < -0.39 is 10.1 Å². The summed E-state index contributed by atoms with van der Waals surface area (Å²) in [5.74, 6) is -0.208. The molecule has 0 aromatic carbocycles. The Labute approximate surface area is 110 Å². The number of halogens is 1. The summed E-state index contributed by atoms with van der Waals surface area (Å²) in [5, 5.41) is 0. The van der Waals surface area contributed by atoms with Gasteiger partial charge in [-0.15, -0.1) is 0 Å². The standard InChI is InChI=1S/C6H12N2.C5H12O3S.FH/c1-3-8-5-4-7(2)6-8;1-2-3-4-5-9(6,7)8;/h4-5H,3,6H2,1-2H3;2-5H2,1H3,(H,6,7,8);1H/p-1. The van der Waals surface area contributed by atoms with Gasteiger partial charge >= 0.3 is 0 Å². The second-order valence-corrected chi connectivity index (χ2v) is 5.59. The molecule has 0 spiro atoms. The Morgan fingerprint density at radius 1 is 1.22 bits per heavy atom. The summed E-state index contributed by atoms with van der Waals surface area (Å²) in [6.45, 7) is 6.28. The minimum Gasteiger partial charge on any atom is -0.748 e. The summed E-state index contributed by atoms with van der Waals surface area (Å²) in [7, 11) is -1.87. The highest BCUT2D eigenvalue weighted by Crippen LogP contribution is 2.00. The van der Waals surface area contributed by atoms with Gasteiger partial charge in [-0.05, 0) is 13.3 Å². The van der Waals surface area contributed by atoms with Crippen LogP contribution in [-0.2, 0) is 10.1 Å². The number of hydrogen-bond donors (Lipinski definition) is 0. The van der Waals surface area contributed by atoms with Gasteiger partial charge in [-0.1, -0.05) is 19.8 Å². The molecule has 1 heterocycles. The molecule has 0 bridgehead atoms. The maximum Gasteiger partial charge on any atom is 0.0945 e. The van der Waals surface area contributed by atoms with Crippen LogP contribution in [0.5, 0.6) is 0 Å². The van der Waals surface area contributed by atoms with Gasteiger partial charge in [0.1, 0.15) is 0 Å². The summed E-state index contributed by atoms with van der Waals surface area (Å²) in [4.78, 5) is 4.41. The molecule has 1 rings (SSSR count). The zero-order chi connectivity index (χ0) is 13.3. The molecular formula is C11H24FN2O3S-. The van der Waals surface area contributed by atoms with E-state index in [0.29, 0.717) is 6.42 Å². The van der Waals surface area contributed by atoms with Crippen LogP contribution in [0.4, 0.5) is 4.70 Å². The van der Waals surface area contributed by atoms with E-state index in [1.165, 1.54) is 0 Å². The van der Waals surface area contributed by atoms with Crippen LogP contribution in [0.1, 0.15) is 33.1 Å². The van der Waals surface area contributed by atoms with Crippen molar-refractivity contribution < 1.29 is 17.7 Å². The van der Waals surface area contributed by atoms with E-state index in [9.17, 15) is 13.0 Å². The lowest BCUT2D eigenvalue weighted by Crippen LogP contribution is -2.21. The Balaban J connectivity index is 0. The van der Waals surface area contributed by atoms with Crippen molar-refractivity contribution in [1.29, 1.82) is 0 Å². The van der Waals surface area contributed by atoms with E-state index >= 15 is 0 Å². The van der Waals surface area contributed by atoms with Crippen molar-refractivity contribution in [3.05, 3.63) is 12.4 Å². The number of nitrogens with zero attached hydrogens (tertiary/aromatic N) is 2. The molecular weight excluding hydrogens is 259 g/mol. The fourth-order valence-corrected chi connectivity index (χ4v) is 1.88. The lowest BCUT2D eigenvalue weighted by atomic mass is 10.3. The summed E-state index contributed by atoms with van der Waals surface area (Å²) in [5.41, 5.74) is 0. The molecule has 0 saturated heterocycles. The quantitative estimate of drug-likeness (QED) is 0.566. The van der Waals surface area contributed by atoms with E-state index in [1.54, 1.807) is 0 Å². The molecule has 0 saturated carbocycles. The molecule has 0 radical (unpaired) electrons. The van der Waals surface area contributed by atoms with Crippen LogP contribution in [0, 0.1) is 0 Å². The summed E-state index contributed by atoms with van der Waals surface area (Å²) < 4.78 is 29.9. The highest BCUT2D eigenvalue weighted by molar-refractivity contribution is 7.85. The van der Waals surface area contributed by atoms with E-state index in [2.05, 4.69) is 36.2 Å². The Morgan fingerprint density at radius 3 is 2.11 bits per heavy atom. The fraction of sp³-hybridized carbons (Fsp3) is 0.818. The van der Waals surface area contributed by atoms with Gasteiger partial charge in [0.15, 0.2) is 0 Å². The van der Waals surface area contributed by atoms with Crippen LogP contribution < -0.4 is 0 Å². The molecule has 110 valence electrons. The topological polar surface area (TPSA) is 63.7 Å². The Hall–Kier alpha value is -0.820. The molecule has 18 heavy (non-hydrogen) atoms. The average Bonchev–Trinajstić information content (AvgIpc) is 2.64. The molecule has 0 atom stereocenters. The van der Waals surface area contributed by atoms with Gasteiger partial charge in [-0.25, -0.2) is 8.42 Å². The van der Waals surface area contributed by atoms with Gasteiger partial charge < -0.3 is 14.4 Å². The van der Waals surface area contributed by atoms with Crippen molar-refractivity contribution in [2.45, 2.75) is 33.1 Å². The molecule has 0 aliphatic carbocycles. The predicted octanol–water partition coefficient (Wildman–Crippen LogP) is 1.56. The molecule has 0 unspecified atom stereocenters. The zero-order valence-electron chi connectivity index (χ0n) is 11.3. The van der Waals surface area contributed by atoms with Crippen molar-refractivity contribution in [1.82, 2.24) is 9.80 Å². The average molecular weight is 283 g/mol. The monoisotopic (exact) mass is 283 g/mol. The van der Waals surface area contributed by atoms with Crippen molar-refractivity contribution in [3.63, 3.8) is 0 Å². The summed E-state index contributed by atoms with van der Waals surface area (Å²) in [6, 6.07) is 0. The molecule has 0 fully saturated rings. The number of hydrogen-bond acceptors (Lipinski definition) is 5. The summed E-state index contributed by atoms with van der Waals surface area (Å²) >= 11 is 0. The first-order valence-corrected chi connectivity index (χ1v) is 7.53. The lowest BCUT2D eigenvalue weighted by molar-refractivity contribution is 0.308. The van der Waals surface area contributed by atoms with Crippen molar-refractivity contribution >= 4 is 10.1 Å². The molecule has 5 nitrogen and oxygen atoms in total. The van der Waals surface area contributed by atoms with Gasteiger partial charge in [0.05, 0.1) is 16.8 Å². The van der Waals surface area contributed by atoms with Gasteiger partial charge in [0.2, 0.25) is 0 Å². The van der Waals surface area contributed by atoms with Crippen molar-refractivity contribution in [2.75, 3.05) is 26.0 Å². The van der Waals surface area contributed by atoms with E-state index in [-0.39, 0.29) is 10.5 Å². The maximum absolute atomic E-state index is 9.95. The fourth-order valence-electron chi connectivity index (χ4n) is 1.32. The Morgan fingerprint density at radius 2 is 1.83 bits per heavy atom. The molecule has 0 amide bonds. The highest BCUT2D eigenvalue weighted by atomic mass is 32.2. The van der Waals surface area contributed by atoms with Crippen LogP contribution in [0.3, 0.4) is 0 Å². The third kappa shape index (κ3) is 11.7. The molecule has 0 N–H and O–H groups in total. The first-order valence-electron chi connectivity index (χ1n) is 5.95. The first kappa shape index (κ1) is 19.5. The van der Waals surface area contributed by atoms with Gasteiger partial charge in [-0.2, -0.15) is 0 Å². The second-order valence-electron chi connectivity index (χ2n) is 4.07. The van der Waals surface area contributed by atoms with Crippen LogP contribution in [0.2, 0.25) is 0 Å². The number of rotatable bonds is 5. The Kier molecular flexibility index (Phi) is 11.0. The van der Waals surface area contributed by atoms with Gasteiger partial charge in [0.25, 0.3) is 0 Å². The van der Waals surface area contributed by atoms with Crippen LogP contribution in [0.25, 0.3) is 0 Å². The SMILES string of the molecule is CCCCCS(=O)(=O)[O-].CCN1C=CN(C)C1.F. The summed E-state index contributed by atoms with van der Waals surface area (Å²) in [6.07, 6.45) is 6.46. The maximum atomic E-state index is 9.95. The van der Waals surface area contributed by atoms with Crippen LogP contribution in [-0.4, -0.2) is 48.8 Å². The van der Waals surface area contributed by atoms with Gasteiger partial charge in [0, 0.05) is 31.7 Å².